The Morgan fingerprint density at radius 1 is 1.29 bits per heavy atom. The zero-order chi connectivity index (χ0) is 14.2. The van der Waals surface area contributed by atoms with E-state index in [0.29, 0.717) is 25.2 Å². The number of hydrogen-bond acceptors (Lipinski definition) is 4. The highest BCUT2D eigenvalue weighted by Crippen LogP contribution is 2.33. The number of nitrogens with one attached hydrogen (secondary N) is 2. The van der Waals surface area contributed by atoms with Gasteiger partial charge in [0.1, 0.15) is 12.7 Å². The molecule has 0 aromatic heterocycles. The van der Waals surface area contributed by atoms with E-state index in [9.17, 15) is 4.79 Å². The Bertz CT molecular complexity index is 548. The minimum absolute atomic E-state index is 0.115. The molecule has 2 fully saturated rings. The van der Waals surface area contributed by atoms with Crippen molar-refractivity contribution in [2.24, 2.45) is 5.92 Å². The molecule has 5 nitrogen and oxygen atoms in total. The van der Waals surface area contributed by atoms with Gasteiger partial charge < -0.3 is 20.1 Å². The van der Waals surface area contributed by atoms with Crippen LogP contribution in [0.25, 0.3) is 0 Å². The topological polar surface area (TPSA) is 59.6 Å². The second kappa shape index (κ2) is 5.22. The molecule has 4 atom stereocenters. The zero-order valence-corrected chi connectivity index (χ0v) is 11.9. The standard InChI is InChI=1S/C16H20N2O3/c19-16(12-7-10-5-6-13(12)18-10)17-8-11-9-20-14-3-1-2-4-15(14)21-11/h1-4,10-13,18H,5-9H2,(H,17,19). The van der Waals surface area contributed by atoms with Crippen LogP contribution in [0.3, 0.4) is 0 Å². The molecule has 3 heterocycles. The van der Waals surface area contributed by atoms with Crippen molar-refractivity contribution >= 4 is 5.91 Å². The Hall–Kier alpha value is -1.75. The quantitative estimate of drug-likeness (QED) is 0.874. The van der Waals surface area contributed by atoms with Gasteiger partial charge >= 0.3 is 0 Å². The lowest BCUT2D eigenvalue weighted by molar-refractivity contribution is -0.126. The molecule has 0 radical (unpaired) electrons. The smallest absolute Gasteiger partial charge is 0.224 e. The molecule has 3 aliphatic heterocycles. The summed E-state index contributed by atoms with van der Waals surface area (Å²) in [4.78, 5) is 12.3. The highest BCUT2D eigenvalue weighted by atomic mass is 16.6. The fraction of sp³-hybridized carbons (Fsp3) is 0.562. The van der Waals surface area contributed by atoms with Crippen molar-refractivity contribution in [2.75, 3.05) is 13.2 Å². The summed E-state index contributed by atoms with van der Waals surface area (Å²) in [5.74, 6) is 1.81. The highest BCUT2D eigenvalue weighted by Gasteiger charge is 2.42. The predicted molar refractivity (Wildman–Crippen MR) is 77.4 cm³/mol. The van der Waals surface area contributed by atoms with Gasteiger partial charge in [0.25, 0.3) is 0 Å². The number of rotatable bonds is 3. The summed E-state index contributed by atoms with van der Waals surface area (Å²) in [5, 5.41) is 6.52. The SMILES string of the molecule is O=C(NCC1COc2ccccc2O1)C1CC2CCC1N2. The summed E-state index contributed by atoms with van der Waals surface area (Å²) in [7, 11) is 0. The molecular weight excluding hydrogens is 268 g/mol. The van der Waals surface area contributed by atoms with Crippen molar-refractivity contribution in [3.8, 4) is 11.5 Å². The lowest BCUT2D eigenvalue weighted by atomic mass is 9.88. The normalized spacial score (nSPS) is 33.0. The first-order valence-electron chi connectivity index (χ1n) is 7.72. The molecule has 3 aliphatic rings. The van der Waals surface area contributed by atoms with Crippen molar-refractivity contribution in [1.29, 1.82) is 0 Å². The van der Waals surface area contributed by atoms with E-state index in [2.05, 4.69) is 10.6 Å². The summed E-state index contributed by atoms with van der Waals surface area (Å²) in [5.41, 5.74) is 0. The molecular formula is C16H20N2O3. The van der Waals surface area contributed by atoms with Crippen LogP contribution in [0.15, 0.2) is 24.3 Å². The van der Waals surface area contributed by atoms with Crippen LogP contribution in [0.4, 0.5) is 0 Å². The molecule has 1 aromatic rings. The second-order valence-electron chi connectivity index (χ2n) is 6.13. The molecule has 2 bridgehead atoms. The molecule has 1 amide bonds. The first-order chi connectivity index (χ1) is 10.3. The van der Waals surface area contributed by atoms with E-state index < -0.39 is 0 Å². The Balaban J connectivity index is 1.31. The molecule has 5 heteroatoms. The average molecular weight is 288 g/mol. The van der Waals surface area contributed by atoms with Gasteiger partial charge in [0, 0.05) is 12.1 Å². The first kappa shape index (κ1) is 13.0. The molecule has 0 aliphatic carbocycles. The summed E-state index contributed by atoms with van der Waals surface area (Å²) < 4.78 is 11.5. The van der Waals surface area contributed by atoms with Crippen LogP contribution in [-0.2, 0) is 4.79 Å². The van der Waals surface area contributed by atoms with E-state index in [-0.39, 0.29) is 17.9 Å². The fourth-order valence-corrected chi connectivity index (χ4v) is 3.62. The number of carbonyl (C=O) groups is 1. The summed E-state index contributed by atoms with van der Waals surface area (Å²) in [6.45, 7) is 0.979. The highest BCUT2D eigenvalue weighted by molar-refractivity contribution is 5.80. The fourth-order valence-electron chi connectivity index (χ4n) is 3.62. The van der Waals surface area contributed by atoms with Gasteiger partial charge in [-0.05, 0) is 31.4 Å². The number of carbonyl (C=O) groups excluding carboxylic acids is 1. The Kier molecular flexibility index (Phi) is 3.22. The summed E-state index contributed by atoms with van der Waals surface area (Å²) >= 11 is 0. The van der Waals surface area contributed by atoms with E-state index in [1.54, 1.807) is 0 Å². The predicted octanol–water partition coefficient (Wildman–Crippen LogP) is 1.08. The third-order valence-corrected chi connectivity index (χ3v) is 4.71. The van der Waals surface area contributed by atoms with E-state index in [4.69, 9.17) is 9.47 Å². The van der Waals surface area contributed by atoms with Gasteiger partial charge in [-0.15, -0.1) is 0 Å². The lowest BCUT2D eigenvalue weighted by Gasteiger charge is -2.27. The van der Waals surface area contributed by atoms with Crippen LogP contribution in [0, 0.1) is 5.92 Å². The van der Waals surface area contributed by atoms with E-state index in [1.807, 2.05) is 24.3 Å². The zero-order valence-electron chi connectivity index (χ0n) is 11.9. The molecule has 21 heavy (non-hydrogen) atoms. The Morgan fingerprint density at radius 2 is 2.14 bits per heavy atom. The van der Waals surface area contributed by atoms with Gasteiger partial charge in [0.05, 0.1) is 12.5 Å². The van der Waals surface area contributed by atoms with Crippen molar-refractivity contribution < 1.29 is 14.3 Å². The van der Waals surface area contributed by atoms with Crippen molar-refractivity contribution in [3.63, 3.8) is 0 Å². The maximum Gasteiger partial charge on any atom is 0.224 e. The molecule has 1 aromatic carbocycles. The molecule has 2 saturated heterocycles. The summed E-state index contributed by atoms with van der Waals surface area (Å²) in [6, 6.07) is 8.55. The maximum atomic E-state index is 12.3. The molecule has 2 N–H and O–H groups in total. The van der Waals surface area contributed by atoms with Crippen LogP contribution in [-0.4, -0.2) is 37.2 Å². The number of benzene rings is 1. The summed E-state index contributed by atoms with van der Waals surface area (Å²) in [6.07, 6.45) is 3.20. The largest absolute Gasteiger partial charge is 0.486 e. The Labute approximate surface area is 124 Å². The number of fused-ring (bicyclic) bond motifs is 3. The molecule has 0 saturated carbocycles. The van der Waals surface area contributed by atoms with Gasteiger partial charge in [-0.3, -0.25) is 4.79 Å². The van der Waals surface area contributed by atoms with Gasteiger partial charge in [0.2, 0.25) is 5.91 Å². The van der Waals surface area contributed by atoms with Gasteiger partial charge in [-0.1, -0.05) is 12.1 Å². The van der Waals surface area contributed by atoms with E-state index in [0.717, 1.165) is 24.3 Å². The van der Waals surface area contributed by atoms with Crippen molar-refractivity contribution in [3.05, 3.63) is 24.3 Å². The minimum atomic E-state index is -0.115. The van der Waals surface area contributed by atoms with E-state index in [1.165, 1.54) is 6.42 Å². The van der Waals surface area contributed by atoms with Crippen LogP contribution >= 0.6 is 0 Å². The van der Waals surface area contributed by atoms with Crippen LogP contribution < -0.4 is 20.1 Å². The lowest BCUT2D eigenvalue weighted by Crippen LogP contribution is -2.44. The van der Waals surface area contributed by atoms with Crippen LogP contribution in [0.1, 0.15) is 19.3 Å². The Morgan fingerprint density at radius 3 is 2.90 bits per heavy atom. The third-order valence-electron chi connectivity index (χ3n) is 4.71. The van der Waals surface area contributed by atoms with Crippen LogP contribution in [0.2, 0.25) is 0 Å². The molecule has 4 rings (SSSR count). The van der Waals surface area contributed by atoms with Gasteiger partial charge in [-0.25, -0.2) is 0 Å². The number of para-hydroxylation sites is 2. The first-order valence-corrected chi connectivity index (χ1v) is 7.72. The van der Waals surface area contributed by atoms with Crippen molar-refractivity contribution in [1.82, 2.24) is 10.6 Å². The maximum absolute atomic E-state index is 12.3. The van der Waals surface area contributed by atoms with Crippen LogP contribution in [0.5, 0.6) is 11.5 Å². The molecule has 0 spiro atoms. The molecule has 112 valence electrons. The second-order valence-corrected chi connectivity index (χ2v) is 6.13. The van der Waals surface area contributed by atoms with Gasteiger partial charge in [-0.2, -0.15) is 0 Å². The van der Waals surface area contributed by atoms with E-state index >= 15 is 0 Å². The van der Waals surface area contributed by atoms with Gasteiger partial charge in [0.15, 0.2) is 11.5 Å². The van der Waals surface area contributed by atoms with Crippen molar-refractivity contribution in [2.45, 2.75) is 37.5 Å². The molecule has 4 unspecified atom stereocenters. The number of amides is 1. The number of ether oxygens (including phenoxy) is 2. The third kappa shape index (κ3) is 2.46. The number of hydrogen-bond donors (Lipinski definition) is 2. The minimum Gasteiger partial charge on any atom is -0.486 e. The average Bonchev–Trinajstić information content (AvgIpc) is 3.15. The monoisotopic (exact) mass is 288 g/mol.